The van der Waals surface area contributed by atoms with Gasteiger partial charge in [0.05, 0.1) is 22.8 Å². The van der Waals surface area contributed by atoms with Gasteiger partial charge in [0.15, 0.2) is 0 Å². The number of fused-ring (bicyclic) bond motifs is 1. The minimum absolute atomic E-state index is 0.0249. The third kappa shape index (κ3) is 3.43. The van der Waals surface area contributed by atoms with E-state index in [1.54, 1.807) is 6.92 Å². The molecule has 0 unspecified atom stereocenters. The van der Waals surface area contributed by atoms with Crippen molar-refractivity contribution in [3.05, 3.63) is 61.2 Å². The van der Waals surface area contributed by atoms with Crippen LogP contribution in [0.1, 0.15) is 34.1 Å². The topological polar surface area (TPSA) is 66.1 Å². The molecule has 0 radical (unpaired) electrons. The van der Waals surface area contributed by atoms with E-state index >= 15 is 0 Å². The first kappa shape index (κ1) is 18.7. The first-order valence-corrected chi connectivity index (χ1v) is 8.29. The van der Waals surface area contributed by atoms with Crippen molar-refractivity contribution in [2.24, 2.45) is 0 Å². The SMILES string of the molecule is C[C@@H]1Cc2c(nc(Cl)[nH]c2=O)CN1C(=O)c1ccc(Cl)c(C(F)(F)F)c1. The van der Waals surface area contributed by atoms with Crippen molar-refractivity contribution >= 4 is 29.1 Å². The van der Waals surface area contributed by atoms with Crippen molar-refractivity contribution in [3.63, 3.8) is 0 Å². The Morgan fingerprint density at radius 1 is 1.35 bits per heavy atom. The van der Waals surface area contributed by atoms with Crippen molar-refractivity contribution in [2.75, 3.05) is 0 Å². The monoisotopic (exact) mass is 405 g/mol. The van der Waals surface area contributed by atoms with Crippen LogP contribution in [0.2, 0.25) is 10.3 Å². The normalized spacial score (nSPS) is 17.2. The summed E-state index contributed by atoms with van der Waals surface area (Å²) in [5.74, 6) is -0.608. The number of carbonyl (C=O) groups excluding carboxylic acids is 1. The third-order valence-corrected chi connectivity index (χ3v) is 4.71. The summed E-state index contributed by atoms with van der Waals surface area (Å²) >= 11 is 11.3. The molecule has 1 aromatic heterocycles. The molecule has 0 fully saturated rings. The fourth-order valence-corrected chi connectivity index (χ4v) is 3.30. The molecule has 1 aliphatic rings. The molecule has 3 rings (SSSR count). The Kier molecular flexibility index (Phi) is 4.74. The molecule has 2 heterocycles. The zero-order valence-corrected chi connectivity index (χ0v) is 14.8. The molecule has 1 atom stereocenters. The molecule has 10 heteroatoms. The number of hydrogen-bond acceptors (Lipinski definition) is 3. The van der Waals surface area contributed by atoms with Crippen LogP contribution >= 0.6 is 23.2 Å². The molecule has 5 nitrogen and oxygen atoms in total. The fraction of sp³-hybridized carbons (Fsp3) is 0.312. The number of nitrogens with zero attached hydrogens (tertiary/aromatic N) is 2. The molecular formula is C16H12Cl2F3N3O2. The van der Waals surface area contributed by atoms with Crippen LogP contribution in [0.15, 0.2) is 23.0 Å². The maximum absolute atomic E-state index is 13.0. The number of nitrogens with one attached hydrogen (secondary N) is 1. The smallest absolute Gasteiger partial charge is 0.330 e. The Morgan fingerprint density at radius 2 is 2.04 bits per heavy atom. The van der Waals surface area contributed by atoms with Crippen LogP contribution in [-0.2, 0) is 19.1 Å². The molecule has 1 N–H and O–H groups in total. The lowest BCUT2D eigenvalue weighted by atomic mass is 9.98. The number of benzene rings is 1. The Hall–Kier alpha value is -2.06. The Bertz CT molecular complexity index is 943. The van der Waals surface area contributed by atoms with Gasteiger partial charge in [0.1, 0.15) is 0 Å². The number of aromatic nitrogens is 2. The second-order valence-corrected chi connectivity index (χ2v) is 6.73. The van der Waals surface area contributed by atoms with E-state index in [4.69, 9.17) is 23.2 Å². The van der Waals surface area contributed by atoms with Gasteiger partial charge >= 0.3 is 6.18 Å². The van der Waals surface area contributed by atoms with Crippen molar-refractivity contribution in [1.82, 2.24) is 14.9 Å². The fourth-order valence-electron chi connectivity index (χ4n) is 2.89. The Balaban J connectivity index is 1.97. The summed E-state index contributed by atoms with van der Waals surface area (Å²) in [6.45, 7) is 1.68. The number of rotatable bonds is 1. The molecule has 2 aromatic rings. The number of alkyl halides is 3. The van der Waals surface area contributed by atoms with Crippen LogP contribution in [0.3, 0.4) is 0 Å². The quantitative estimate of drug-likeness (QED) is 0.735. The molecule has 0 spiro atoms. The standard InChI is InChI=1S/C16H12Cl2F3N3O2/c1-7-4-9-12(22-15(18)23-13(9)25)6-24(7)14(26)8-2-3-11(17)10(5-8)16(19,20)21/h2-3,5,7H,4,6H2,1H3,(H,22,23,25)/t7-/m1/s1. The summed E-state index contributed by atoms with van der Waals surface area (Å²) in [6, 6.07) is 2.61. The van der Waals surface area contributed by atoms with Crippen LogP contribution in [0.4, 0.5) is 13.2 Å². The van der Waals surface area contributed by atoms with E-state index in [0.717, 1.165) is 12.1 Å². The van der Waals surface area contributed by atoms with Crippen LogP contribution < -0.4 is 5.56 Å². The summed E-state index contributed by atoms with van der Waals surface area (Å²) < 4.78 is 39.1. The van der Waals surface area contributed by atoms with Crippen LogP contribution in [0.25, 0.3) is 0 Å². The molecule has 26 heavy (non-hydrogen) atoms. The van der Waals surface area contributed by atoms with Gasteiger partial charge in [-0.15, -0.1) is 0 Å². The van der Waals surface area contributed by atoms with E-state index in [1.165, 1.54) is 11.0 Å². The third-order valence-electron chi connectivity index (χ3n) is 4.20. The Labute approximate surface area is 155 Å². The Morgan fingerprint density at radius 3 is 2.69 bits per heavy atom. The second kappa shape index (κ2) is 6.59. The number of H-pyrrole nitrogens is 1. The zero-order chi connectivity index (χ0) is 19.2. The molecule has 1 aromatic carbocycles. The summed E-state index contributed by atoms with van der Waals surface area (Å²) in [7, 11) is 0. The highest BCUT2D eigenvalue weighted by molar-refractivity contribution is 6.31. The molecule has 1 amide bonds. The van der Waals surface area contributed by atoms with Gasteiger partial charge in [-0.2, -0.15) is 13.2 Å². The average molecular weight is 406 g/mol. The molecule has 0 bridgehead atoms. The minimum Gasteiger partial charge on any atom is -0.330 e. The highest BCUT2D eigenvalue weighted by atomic mass is 35.5. The maximum atomic E-state index is 13.0. The second-order valence-electron chi connectivity index (χ2n) is 5.96. The lowest BCUT2D eigenvalue weighted by Crippen LogP contribution is -2.45. The minimum atomic E-state index is -4.67. The van der Waals surface area contributed by atoms with Gasteiger partial charge in [0, 0.05) is 17.2 Å². The summed E-state index contributed by atoms with van der Waals surface area (Å²) in [4.78, 5) is 32.5. The first-order valence-electron chi connectivity index (χ1n) is 7.53. The number of aromatic amines is 1. The van der Waals surface area contributed by atoms with E-state index in [-0.39, 0.29) is 29.4 Å². The summed E-state index contributed by atoms with van der Waals surface area (Å²) in [5.41, 5.74) is -0.862. The number of amides is 1. The molecule has 0 aliphatic carbocycles. The summed E-state index contributed by atoms with van der Waals surface area (Å²) in [6.07, 6.45) is -4.45. The van der Waals surface area contributed by atoms with E-state index in [2.05, 4.69) is 9.97 Å². The van der Waals surface area contributed by atoms with Crippen molar-refractivity contribution in [1.29, 1.82) is 0 Å². The predicted molar refractivity (Wildman–Crippen MR) is 89.4 cm³/mol. The number of hydrogen-bond donors (Lipinski definition) is 1. The summed E-state index contributed by atoms with van der Waals surface area (Å²) in [5, 5.41) is -0.590. The molecule has 0 saturated carbocycles. The van der Waals surface area contributed by atoms with Gasteiger partial charge in [-0.25, -0.2) is 4.98 Å². The number of carbonyl (C=O) groups is 1. The van der Waals surface area contributed by atoms with E-state index in [1.807, 2.05) is 0 Å². The predicted octanol–water partition coefficient (Wildman–Crippen LogP) is 3.68. The van der Waals surface area contributed by atoms with Crippen molar-refractivity contribution < 1.29 is 18.0 Å². The van der Waals surface area contributed by atoms with E-state index < -0.39 is 28.7 Å². The lowest BCUT2D eigenvalue weighted by molar-refractivity contribution is -0.137. The van der Waals surface area contributed by atoms with Gasteiger partial charge in [-0.1, -0.05) is 11.6 Å². The van der Waals surface area contributed by atoms with Crippen LogP contribution in [0, 0.1) is 0 Å². The zero-order valence-electron chi connectivity index (χ0n) is 13.3. The van der Waals surface area contributed by atoms with Gasteiger partial charge in [-0.3, -0.25) is 14.6 Å². The highest BCUT2D eigenvalue weighted by Gasteiger charge is 2.35. The van der Waals surface area contributed by atoms with Gasteiger partial charge < -0.3 is 4.90 Å². The molecule has 138 valence electrons. The molecule has 0 saturated heterocycles. The highest BCUT2D eigenvalue weighted by Crippen LogP contribution is 2.35. The molecule has 1 aliphatic heterocycles. The lowest BCUT2D eigenvalue weighted by Gasteiger charge is -2.34. The van der Waals surface area contributed by atoms with Gasteiger partial charge in [0.2, 0.25) is 5.28 Å². The maximum Gasteiger partial charge on any atom is 0.417 e. The van der Waals surface area contributed by atoms with Gasteiger partial charge in [-0.05, 0) is 43.1 Å². The van der Waals surface area contributed by atoms with Crippen LogP contribution in [-0.4, -0.2) is 26.8 Å². The number of halogens is 5. The average Bonchev–Trinajstić information content (AvgIpc) is 2.54. The van der Waals surface area contributed by atoms with Crippen molar-refractivity contribution in [2.45, 2.75) is 32.1 Å². The van der Waals surface area contributed by atoms with Crippen molar-refractivity contribution in [3.8, 4) is 0 Å². The first-order chi connectivity index (χ1) is 12.1. The van der Waals surface area contributed by atoms with Crippen LogP contribution in [0.5, 0.6) is 0 Å². The van der Waals surface area contributed by atoms with E-state index in [0.29, 0.717) is 11.3 Å². The van der Waals surface area contributed by atoms with E-state index in [9.17, 15) is 22.8 Å². The van der Waals surface area contributed by atoms with Gasteiger partial charge in [0.25, 0.3) is 11.5 Å². The molecular weight excluding hydrogens is 394 g/mol. The largest absolute Gasteiger partial charge is 0.417 e.